The predicted molar refractivity (Wildman–Crippen MR) is 80.4 cm³/mol. The van der Waals surface area contributed by atoms with Gasteiger partial charge in [-0.05, 0) is 33.8 Å². The zero-order chi connectivity index (χ0) is 15.8. The SMILES string of the molecule is CC(=O)OCc1ncc(B2OC(C)(C)C(C)(C)O2)cc1Cl. The highest BCUT2D eigenvalue weighted by Gasteiger charge is 2.51. The van der Waals surface area contributed by atoms with Crippen molar-refractivity contribution >= 4 is 30.2 Å². The van der Waals surface area contributed by atoms with Crippen LogP contribution in [0.2, 0.25) is 5.02 Å². The van der Waals surface area contributed by atoms with Gasteiger partial charge in [-0.15, -0.1) is 0 Å². The number of aromatic nitrogens is 1. The molecule has 1 aromatic heterocycles. The van der Waals surface area contributed by atoms with Gasteiger partial charge >= 0.3 is 13.1 Å². The summed E-state index contributed by atoms with van der Waals surface area (Å²) in [6.07, 6.45) is 1.63. The molecule has 2 rings (SSSR count). The van der Waals surface area contributed by atoms with E-state index in [1.165, 1.54) is 6.92 Å². The van der Waals surface area contributed by atoms with Crippen LogP contribution in [0.25, 0.3) is 0 Å². The van der Waals surface area contributed by atoms with Crippen LogP contribution < -0.4 is 5.46 Å². The fourth-order valence-corrected chi connectivity index (χ4v) is 2.09. The first-order valence-electron chi connectivity index (χ1n) is 6.76. The number of nitrogens with zero attached hydrogens (tertiary/aromatic N) is 1. The van der Waals surface area contributed by atoms with Crippen LogP contribution >= 0.6 is 11.6 Å². The Bertz CT molecular complexity index is 546. The maximum Gasteiger partial charge on any atom is 0.496 e. The minimum Gasteiger partial charge on any atom is -0.459 e. The number of rotatable bonds is 3. The van der Waals surface area contributed by atoms with Crippen molar-refractivity contribution in [3.63, 3.8) is 0 Å². The molecule has 0 atom stereocenters. The van der Waals surface area contributed by atoms with Gasteiger partial charge in [0.05, 0.1) is 21.9 Å². The number of halogens is 1. The molecule has 114 valence electrons. The molecule has 0 unspecified atom stereocenters. The minimum atomic E-state index is -0.511. The monoisotopic (exact) mass is 311 g/mol. The van der Waals surface area contributed by atoms with Crippen LogP contribution in [-0.4, -0.2) is 29.3 Å². The Balaban J connectivity index is 2.16. The van der Waals surface area contributed by atoms with Gasteiger partial charge in [0.1, 0.15) is 6.61 Å². The van der Waals surface area contributed by atoms with Gasteiger partial charge in [-0.25, -0.2) is 0 Å². The van der Waals surface area contributed by atoms with Crippen LogP contribution in [-0.2, 0) is 25.4 Å². The first kappa shape index (κ1) is 16.3. The quantitative estimate of drug-likeness (QED) is 0.632. The molecular formula is C14H19BClNO4. The number of carbonyl (C=O) groups is 1. The third-order valence-corrected chi connectivity index (χ3v) is 4.20. The van der Waals surface area contributed by atoms with Crippen LogP contribution in [0.4, 0.5) is 0 Å². The topological polar surface area (TPSA) is 57.7 Å². The van der Waals surface area contributed by atoms with E-state index < -0.39 is 18.3 Å². The fourth-order valence-electron chi connectivity index (χ4n) is 1.87. The average Bonchev–Trinajstić information content (AvgIpc) is 2.56. The van der Waals surface area contributed by atoms with Gasteiger partial charge in [0.25, 0.3) is 0 Å². The van der Waals surface area contributed by atoms with Crippen molar-refractivity contribution in [2.75, 3.05) is 0 Å². The Morgan fingerprint density at radius 3 is 2.38 bits per heavy atom. The Kier molecular flexibility index (Phi) is 4.33. The van der Waals surface area contributed by atoms with Crippen molar-refractivity contribution in [1.82, 2.24) is 4.98 Å². The Morgan fingerprint density at radius 2 is 1.90 bits per heavy atom. The average molecular weight is 312 g/mol. The molecule has 1 aromatic rings. The van der Waals surface area contributed by atoms with E-state index in [2.05, 4.69) is 4.98 Å². The molecule has 0 spiro atoms. The number of hydrogen-bond acceptors (Lipinski definition) is 5. The second-order valence-electron chi connectivity index (χ2n) is 6.07. The lowest BCUT2D eigenvalue weighted by Crippen LogP contribution is -2.41. The van der Waals surface area contributed by atoms with E-state index in [1.807, 2.05) is 27.7 Å². The first-order chi connectivity index (χ1) is 9.62. The van der Waals surface area contributed by atoms with E-state index in [0.717, 1.165) is 5.46 Å². The van der Waals surface area contributed by atoms with Gasteiger partial charge < -0.3 is 14.0 Å². The second kappa shape index (κ2) is 5.59. The molecule has 0 bridgehead atoms. The molecule has 1 saturated heterocycles. The number of ether oxygens (including phenoxy) is 1. The maximum atomic E-state index is 10.8. The molecule has 1 aliphatic rings. The van der Waals surface area contributed by atoms with E-state index in [0.29, 0.717) is 10.7 Å². The maximum absolute atomic E-state index is 10.8. The molecule has 0 aromatic carbocycles. The van der Waals surface area contributed by atoms with Crippen molar-refractivity contribution < 1.29 is 18.8 Å². The number of hydrogen-bond donors (Lipinski definition) is 0. The highest BCUT2D eigenvalue weighted by atomic mass is 35.5. The normalized spacial score (nSPS) is 19.6. The molecule has 1 aliphatic heterocycles. The van der Waals surface area contributed by atoms with Crippen molar-refractivity contribution in [3.8, 4) is 0 Å². The van der Waals surface area contributed by atoms with Gasteiger partial charge in [-0.3, -0.25) is 9.78 Å². The standard InChI is InChI=1S/C14H19BClNO4/c1-9(18)19-8-12-11(16)6-10(7-17-12)15-20-13(2,3)14(4,5)21-15/h6-7H,8H2,1-5H3. The summed E-state index contributed by atoms with van der Waals surface area (Å²) >= 11 is 6.17. The van der Waals surface area contributed by atoms with Crippen molar-refractivity contribution in [2.24, 2.45) is 0 Å². The lowest BCUT2D eigenvalue weighted by molar-refractivity contribution is -0.142. The van der Waals surface area contributed by atoms with E-state index in [4.69, 9.17) is 25.6 Å². The molecule has 0 saturated carbocycles. The molecule has 0 N–H and O–H groups in total. The van der Waals surface area contributed by atoms with E-state index >= 15 is 0 Å². The highest BCUT2D eigenvalue weighted by molar-refractivity contribution is 6.62. The predicted octanol–water partition coefficient (Wildman–Crippen LogP) is 2.10. The zero-order valence-electron chi connectivity index (χ0n) is 12.9. The van der Waals surface area contributed by atoms with Crippen LogP contribution in [0.15, 0.2) is 12.3 Å². The van der Waals surface area contributed by atoms with Crippen LogP contribution in [0, 0.1) is 0 Å². The van der Waals surface area contributed by atoms with Crippen LogP contribution in [0.3, 0.4) is 0 Å². The summed E-state index contributed by atoms with van der Waals surface area (Å²) in [6.45, 7) is 9.33. The third kappa shape index (κ3) is 3.39. The van der Waals surface area contributed by atoms with Crippen LogP contribution in [0.1, 0.15) is 40.3 Å². The molecule has 0 amide bonds. The number of pyridine rings is 1. The van der Waals surface area contributed by atoms with Gasteiger partial charge in [0.2, 0.25) is 0 Å². The van der Waals surface area contributed by atoms with Gasteiger partial charge in [0, 0.05) is 18.6 Å². The van der Waals surface area contributed by atoms with Gasteiger partial charge in [0.15, 0.2) is 0 Å². The fraction of sp³-hybridized carbons (Fsp3) is 0.571. The number of carbonyl (C=O) groups excluding carboxylic acids is 1. The molecule has 1 fully saturated rings. The van der Waals surface area contributed by atoms with E-state index in [1.54, 1.807) is 12.3 Å². The summed E-state index contributed by atoms with van der Waals surface area (Å²) in [5, 5.41) is 0.420. The Labute approximate surface area is 130 Å². The molecule has 0 radical (unpaired) electrons. The van der Waals surface area contributed by atoms with Crippen molar-refractivity contribution in [3.05, 3.63) is 23.0 Å². The molecule has 21 heavy (non-hydrogen) atoms. The third-order valence-electron chi connectivity index (χ3n) is 3.88. The smallest absolute Gasteiger partial charge is 0.459 e. The summed E-state index contributed by atoms with van der Waals surface area (Å²) < 4.78 is 16.8. The first-order valence-corrected chi connectivity index (χ1v) is 7.13. The zero-order valence-corrected chi connectivity index (χ0v) is 13.7. The molecule has 0 aliphatic carbocycles. The summed E-state index contributed by atoms with van der Waals surface area (Å²) in [4.78, 5) is 15.0. The summed E-state index contributed by atoms with van der Waals surface area (Å²) in [6, 6.07) is 1.73. The number of esters is 1. The second-order valence-corrected chi connectivity index (χ2v) is 6.47. The largest absolute Gasteiger partial charge is 0.496 e. The van der Waals surface area contributed by atoms with E-state index in [-0.39, 0.29) is 12.6 Å². The van der Waals surface area contributed by atoms with Gasteiger partial charge in [-0.1, -0.05) is 11.6 Å². The lowest BCUT2D eigenvalue weighted by atomic mass is 9.80. The lowest BCUT2D eigenvalue weighted by Gasteiger charge is -2.32. The molecule has 7 heteroatoms. The molecule has 2 heterocycles. The summed E-state index contributed by atoms with van der Waals surface area (Å²) in [5.41, 5.74) is 0.415. The summed E-state index contributed by atoms with van der Waals surface area (Å²) in [7, 11) is -0.511. The Hall–Kier alpha value is -1.11. The summed E-state index contributed by atoms with van der Waals surface area (Å²) in [5.74, 6) is -0.372. The van der Waals surface area contributed by atoms with Crippen LogP contribution in [0.5, 0.6) is 0 Å². The Morgan fingerprint density at radius 1 is 1.33 bits per heavy atom. The molecular weight excluding hydrogens is 292 g/mol. The molecule has 5 nitrogen and oxygen atoms in total. The van der Waals surface area contributed by atoms with Crippen molar-refractivity contribution in [1.29, 1.82) is 0 Å². The highest BCUT2D eigenvalue weighted by Crippen LogP contribution is 2.36. The minimum absolute atomic E-state index is 0.0534. The van der Waals surface area contributed by atoms with Crippen molar-refractivity contribution in [2.45, 2.75) is 52.4 Å². The van der Waals surface area contributed by atoms with E-state index in [9.17, 15) is 4.79 Å². The van der Waals surface area contributed by atoms with Gasteiger partial charge in [-0.2, -0.15) is 0 Å².